The van der Waals surface area contributed by atoms with Gasteiger partial charge < -0.3 is 15.7 Å². The van der Waals surface area contributed by atoms with E-state index in [9.17, 15) is 19.5 Å². The van der Waals surface area contributed by atoms with E-state index in [-0.39, 0.29) is 23.6 Å². The van der Waals surface area contributed by atoms with Gasteiger partial charge in [-0.15, -0.1) is 0 Å². The Morgan fingerprint density at radius 2 is 1.62 bits per heavy atom. The number of hydroxylamine groups is 1. The minimum atomic E-state index is -0.808. The summed E-state index contributed by atoms with van der Waals surface area (Å²) in [7, 11) is 0. The quantitative estimate of drug-likeness (QED) is 0.392. The number of hydrogen-bond donors (Lipinski definition) is 5. The molecule has 136 valence electrons. The summed E-state index contributed by atoms with van der Waals surface area (Å²) in [5.41, 5.74) is 2.96. The van der Waals surface area contributed by atoms with Crippen LogP contribution in [0.5, 0.6) is 5.75 Å². The molecule has 2 aromatic carbocycles. The third-order valence-electron chi connectivity index (χ3n) is 3.59. The summed E-state index contributed by atoms with van der Waals surface area (Å²) in [6.45, 7) is 1.32. The fraction of sp³-hybridized carbons (Fsp3) is 0.167. The maximum absolute atomic E-state index is 12.5. The van der Waals surface area contributed by atoms with Crippen LogP contribution in [-0.4, -0.2) is 34.1 Å². The van der Waals surface area contributed by atoms with Gasteiger partial charge in [-0.05, 0) is 42.0 Å². The fourth-order valence-electron chi connectivity index (χ4n) is 2.32. The van der Waals surface area contributed by atoms with Crippen LogP contribution in [0.4, 0.5) is 5.69 Å². The molecule has 26 heavy (non-hydrogen) atoms. The molecule has 0 aliphatic rings. The number of carbonyl (C=O) groups excluding carboxylic acids is 3. The van der Waals surface area contributed by atoms with Gasteiger partial charge in [0.25, 0.3) is 5.91 Å². The summed E-state index contributed by atoms with van der Waals surface area (Å²) in [5.74, 6) is -1.32. The number of rotatable bonds is 6. The van der Waals surface area contributed by atoms with Gasteiger partial charge in [0.1, 0.15) is 11.8 Å². The lowest BCUT2D eigenvalue weighted by Crippen LogP contribution is -2.44. The van der Waals surface area contributed by atoms with E-state index in [0.29, 0.717) is 5.69 Å². The summed E-state index contributed by atoms with van der Waals surface area (Å²) >= 11 is 0. The van der Waals surface area contributed by atoms with Crippen LogP contribution in [0.25, 0.3) is 0 Å². The number of amides is 3. The second-order valence-electron chi connectivity index (χ2n) is 5.63. The molecule has 0 fully saturated rings. The molecule has 0 saturated carbocycles. The molecular weight excluding hydrogens is 338 g/mol. The molecule has 1 atom stereocenters. The molecule has 0 saturated heterocycles. The molecule has 3 amide bonds. The van der Waals surface area contributed by atoms with Crippen molar-refractivity contribution >= 4 is 23.4 Å². The zero-order valence-electron chi connectivity index (χ0n) is 14.0. The lowest BCUT2D eigenvalue weighted by atomic mass is 10.0. The van der Waals surface area contributed by atoms with E-state index in [1.807, 2.05) is 0 Å². The second-order valence-corrected chi connectivity index (χ2v) is 5.63. The molecular formula is C18H19N3O5. The molecule has 5 N–H and O–H groups in total. The first-order chi connectivity index (χ1) is 12.4. The van der Waals surface area contributed by atoms with Crippen LogP contribution in [0.1, 0.15) is 22.8 Å². The number of anilines is 1. The molecule has 2 rings (SSSR count). The van der Waals surface area contributed by atoms with Crippen molar-refractivity contribution in [2.45, 2.75) is 19.4 Å². The highest BCUT2D eigenvalue weighted by atomic mass is 16.5. The molecule has 0 aliphatic heterocycles. The van der Waals surface area contributed by atoms with Gasteiger partial charge in [-0.1, -0.05) is 12.1 Å². The first kappa shape index (κ1) is 18.9. The van der Waals surface area contributed by atoms with E-state index in [1.165, 1.54) is 48.8 Å². The summed E-state index contributed by atoms with van der Waals surface area (Å²) in [4.78, 5) is 35.2. The predicted molar refractivity (Wildman–Crippen MR) is 93.7 cm³/mol. The average molecular weight is 357 g/mol. The summed E-state index contributed by atoms with van der Waals surface area (Å²) in [5, 5.41) is 23.2. The molecule has 0 spiro atoms. The Morgan fingerprint density at radius 3 is 2.15 bits per heavy atom. The number of phenolic OH excluding ortho intramolecular Hbond substituents is 1. The Morgan fingerprint density at radius 1 is 1.00 bits per heavy atom. The zero-order chi connectivity index (χ0) is 19.1. The average Bonchev–Trinajstić information content (AvgIpc) is 2.62. The lowest BCUT2D eigenvalue weighted by molar-refractivity contribution is -0.125. The molecule has 1 unspecified atom stereocenters. The summed E-state index contributed by atoms with van der Waals surface area (Å²) < 4.78 is 0. The third kappa shape index (κ3) is 5.32. The van der Waals surface area contributed by atoms with Gasteiger partial charge in [0.15, 0.2) is 0 Å². The maximum Gasteiger partial charge on any atom is 0.274 e. The van der Waals surface area contributed by atoms with E-state index in [1.54, 1.807) is 12.1 Å². The molecule has 8 heteroatoms. The van der Waals surface area contributed by atoms with Crippen molar-refractivity contribution in [3.8, 4) is 5.75 Å². The Labute approximate surface area is 149 Å². The van der Waals surface area contributed by atoms with Gasteiger partial charge in [0.2, 0.25) is 11.8 Å². The molecule has 0 radical (unpaired) electrons. The predicted octanol–water partition coefficient (Wildman–Crippen LogP) is 1.20. The molecule has 0 bridgehead atoms. The number of benzene rings is 2. The van der Waals surface area contributed by atoms with Crippen LogP contribution in [0.15, 0.2) is 48.5 Å². The van der Waals surface area contributed by atoms with Gasteiger partial charge in [-0.2, -0.15) is 0 Å². The van der Waals surface area contributed by atoms with Crippen molar-refractivity contribution in [3.63, 3.8) is 0 Å². The topological polar surface area (TPSA) is 128 Å². The first-order valence-electron chi connectivity index (χ1n) is 7.79. The van der Waals surface area contributed by atoms with Crippen LogP contribution in [0, 0.1) is 0 Å². The van der Waals surface area contributed by atoms with E-state index >= 15 is 0 Å². The van der Waals surface area contributed by atoms with Crippen molar-refractivity contribution in [2.24, 2.45) is 0 Å². The second kappa shape index (κ2) is 8.63. The van der Waals surface area contributed by atoms with Gasteiger partial charge in [0.05, 0.1) is 0 Å². The van der Waals surface area contributed by atoms with Crippen molar-refractivity contribution < 1.29 is 24.7 Å². The van der Waals surface area contributed by atoms with E-state index in [2.05, 4.69) is 10.6 Å². The highest BCUT2D eigenvalue weighted by Crippen LogP contribution is 2.14. The minimum absolute atomic E-state index is 0.112. The Bertz CT molecular complexity index is 787. The van der Waals surface area contributed by atoms with Crippen molar-refractivity contribution in [1.82, 2.24) is 10.8 Å². The highest BCUT2D eigenvalue weighted by Gasteiger charge is 2.20. The van der Waals surface area contributed by atoms with Crippen LogP contribution in [0.2, 0.25) is 0 Å². The van der Waals surface area contributed by atoms with Gasteiger partial charge in [-0.25, -0.2) is 5.48 Å². The number of nitrogens with one attached hydrogen (secondary N) is 3. The Kier molecular flexibility index (Phi) is 6.29. The van der Waals surface area contributed by atoms with Crippen molar-refractivity contribution in [2.75, 3.05) is 5.32 Å². The third-order valence-corrected chi connectivity index (χ3v) is 3.59. The van der Waals surface area contributed by atoms with Crippen LogP contribution >= 0.6 is 0 Å². The molecule has 2 aromatic rings. The Hall–Kier alpha value is -3.39. The molecule has 0 heterocycles. The summed E-state index contributed by atoms with van der Waals surface area (Å²) in [6.07, 6.45) is 0.247. The van der Waals surface area contributed by atoms with Crippen LogP contribution < -0.4 is 16.1 Å². The zero-order valence-corrected chi connectivity index (χ0v) is 14.0. The number of hydrogen-bond acceptors (Lipinski definition) is 5. The van der Waals surface area contributed by atoms with Crippen molar-refractivity contribution in [3.05, 3.63) is 59.7 Å². The number of carbonyl (C=O) groups is 3. The standard InChI is InChI=1S/C18H19N3O5/c1-11(22)19-16(10-12-2-8-15(23)9-3-12)18(25)20-14-6-4-13(5-7-14)17(24)21-26/h2-9,16,23,26H,10H2,1H3,(H,19,22)(H,20,25)(H,21,24). The van der Waals surface area contributed by atoms with E-state index in [4.69, 9.17) is 5.21 Å². The van der Waals surface area contributed by atoms with Gasteiger partial charge in [0, 0.05) is 24.6 Å². The van der Waals surface area contributed by atoms with E-state index < -0.39 is 17.9 Å². The normalized spacial score (nSPS) is 11.3. The largest absolute Gasteiger partial charge is 0.508 e. The SMILES string of the molecule is CC(=O)NC(Cc1ccc(O)cc1)C(=O)Nc1ccc(C(=O)NO)cc1. The van der Waals surface area contributed by atoms with Crippen molar-refractivity contribution in [1.29, 1.82) is 0 Å². The Balaban J connectivity index is 2.09. The minimum Gasteiger partial charge on any atom is -0.508 e. The van der Waals surface area contributed by atoms with Gasteiger partial charge >= 0.3 is 0 Å². The highest BCUT2D eigenvalue weighted by molar-refractivity contribution is 5.98. The summed E-state index contributed by atoms with van der Waals surface area (Å²) in [6, 6.07) is 11.4. The molecule has 8 nitrogen and oxygen atoms in total. The number of phenols is 1. The fourth-order valence-corrected chi connectivity index (χ4v) is 2.32. The van der Waals surface area contributed by atoms with E-state index in [0.717, 1.165) is 5.56 Å². The molecule has 0 aromatic heterocycles. The lowest BCUT2D eigenvalue weighted by Gasteiger charge is -2.18. The number of aromatic hydroxyl groups is 1. The van der Waals surface area contributed by atoms with Gasteiger partial charge in [-0.3, -0.25) is 19.6 Å². The van der Waals surface area contributed by atoms with Crippen LogP contribution in [0.3, 0.4) is 0 Å². The smallest absolute Gasteiger partial charge is 0.274 e. The maximum atomic E-state index is 12.5. The molecule has 0 aliphatic carbocycles. The monoisotopic (exact) mass is 357 g/mol. The first-order valence-corrected chi connectivity index (χ1v) is 7.79. The van der Waals surface area contributed by atoms with Crippen LogP contribution in [-0.2, 0) is 16.0 Å².